The van der Waals surface area contributed by atoms with Crippen LogP contribution in [0.15, 0.2) is 12.1 Å². The second-order valence-corrected chi connectivity index (χ2v) is 4.44. The molecule has 1 aromatic carbocycles. The topological polar surface area (TPSA) is 61.3 Å². The van der Waals surface area contributed by atoms with Gasteiger partial charge in [0.1, 0.15) is 0 Å². The molecule has 0 aliphatic rings. The molecule has 0 bridgehead atoms. The second-order valence-electron chi connectivity index (χ2n) is 4.44. The smallest absolute Gasteiger partial charge is 0.164 e. The molecule has 18 heavy (non-hydrogen) atoms. The number of rotatable bonds is 1. The van der Waals surface area contributed by atoms with Gasteiger partial charge in [0.05, 0.1) is 18.5 Å². The van der Waals surface area contributed by atoms with Gasteiger partial charge in [0.15, 0.2) is 5.75 Å². The quantitative estimate of drug-likeness (QED) is 0.539. The number of nitrogen functional groups attached to an aromatic ring is 2. The standard InChI is InChI=1S/C11H18N2O.C2H6.CH4S/c1-11(2,3)7-5-8(12)10(14-4)9(13)6-7;2*1-2/h5-6H,12-13H2,1-4H3;1-2H3;2H,1H3. The first kappa shape index (κ1) is 19.3. The van der Waals surface area contributed by atoms with Crippen molar-refractivity contribution >= 4 is 24.0 Å². The molecule has 0 unspecified atom stereocenters. The molecule has 0 fully saturated rings. The molecule has 0 amide bonds. The summed E-state index contributed by atoms with van der Waals surface area (Å²) >= 11 is 3.53. The van der Waals surface area contributed by atoms with Crippen LogP contribution in [0.2, 0.25) is 0 Å². The molecule has 1 rings (SSSR count). The predicted octanol–water partition coefficient (Wildman–Crippen LogP) is 3.73. The van der Waals surface area contributed by atoms with E-state index < -0.39 is 0 Å². The fourth-order valence-electron chi connectivity index (χ4n) is 1.34. The van der Waals surface area contributed by atoms with E-state index in [4.69, 9.17) is 16.2 Å². The minimum absolute atomic E-state index is 0.0501. The van der Waals surface area contributed by atoms with Gasteiger partial charge in [0, 0.05) is 0 Å². The molecule has 0 aromatic heterocycles. The lowest BCUT2D eigenvalue weighted by atomic mass is 9.86. The van der Waals surface area contributed by atoms with Crippen LogP contribution in [-0.4, -0.2) is 13.4 Å². The fourth-order valence-corrected chi connectivity index (χ4v) is 1.34. The lowest BCUT2D eigenvalue weighted by molar-refractivity contribution is 0.418. The summed E-state index contributed by atoms with van der Waals surface area (Å²) < 4.78 is 5.09. The molecule has 0 spiro atoms. The van der Waals surface area contributed by atoms with Gasteiger partial charge in [-0.1, -0.05) is 34.6 Å². The minimum atomic E-state index is 0.0501. The third kappa shape index (κ3) is 5.54. The number of ether oxygens (including phenoxy) is 1. The Balaban J connectivity index is 0. The highest BCUT2D eigenvalue weighted by Crippen LogP contribution is 2.34. The SMILES string of the molecule is CC.COc1c(N)cc(C(C)(C)C)cc1N.CS. The van der Waals surface area contributed by atoms with Crippen LogP contribution in [-0.2, 0) is 5.41 Å². The molecule has 0 atom stereocenters. The van der Waals surface area contributed by atoms with Gasteiger partial charge in [-0.05, 0) is 29.4 Å². The Labute approximate surface area is 117 Å². The molecular formula is C14H28N2OS. The zero-order chi connectivity index (χ0) is 14.9. The lowest BCUT2D eigenvalue weighted by Gasteiger charge is -2.21. The maximum atomic E-state index is 5.82. The number of anilines is 2. The number of thiol groups is 1. The van der Waals surface area contributed by atoms with Crippen LogP contribution in [0.1, 0.15) is 40.2 Å². The van der Waals surface area contributed by atoms with E-state index in [-0.39, 0.29) is 5.41 Å². The molecule has 0 aliphatic heterocycles. The third-order valence-electron chi connectivity index (χ3n) is 2.22. The van der Waals surface area contributed by atoms with Crippen LogP contribution in [0.5, 0.6) is 5.75 Å². The summed E-state index contributed by atoms with van der Waals surface area (Å²) in [5, 5.41) is 0. The molecule has 0 saturated heterocycles. The maximum Gasteiger partial charge on any atom is 0.164 e. The number of hydrogen-bond donors (Lipinski definition) is 3. The van der Waals surface area contributed by atoms with E-state index in [0.29, 0.717) is 17.1 Å². The van der Waals surface area contributed by atoms with E-state index >= 15 is 0 Å². The van der Waals surface area contributed by atoms with Crippen molar-refractivity contribution in [3.8, 4) is 5.75 Å². The second kappa shape index (κ2) is 8.97. The summed E-state index contributed by atoms with van der Waals surface area (Å²) in [6.07, 6.45) is 1.69. The summed E-state index contributed by atoms with van der Waals surface area (Å²) in [7, 11) is 1.57. The van der Waals surface area contributed by atoms with Crippen LogP contribution in [0.4, 0.5) is 11.4 Å². The molecule has 4 N–H and O–H groups in total. The number of methoxy groups -OCH3 is 1. The minimum Gasteiger partial charge on any atom is -0.492 e. The molecular weight excluding hydrogens is 244 g/mol. The van der Waals surface area contributed by atoms with Gasteiger partial charge >= 0.3 is 0 Å². The Kier molecular flexibility index (Phi) is 9.63. The van der Waals surface area contributed by atoms with E-state index in [2.05, 4.69) is 33.4 Å². The molecule has 0 radical (unpaired) electrons. The number of benzene rings is 1. The average Bonchev–Trinajstić information content (AvgIpc) is 2.32. The maximum absolute atomic E-state index is 5.82. The van der Waals surface area contributed by atoms with Crippen molar-refractivity contribution in [2.45, 2.75) is 40.0 Å². The zero-order valence-corrected chi connectivity index (χ0v) is 13.6. The first-order valence-electron chi connectivity index (χ1n) is 6.04. The molecule has 0 aliphatic carbocycles. The van der Waals surface area contributed by atoms with Crippen molar-refractivity contribution in [2.75, 3.05) is 24.8 Å². The largest absolute Gasteiger partial charge is 0.492 e. The fraction of sp³-hybridized carbons (Fsp3) is 0.571. The van der Waals surface area contributed by atoms with Gasteiger partial charge in [-0.25, -0.2) is 0 Å². The van der Waals surface area contributed by atoms with Crippen molar-refractivity contribution < 1.29 is 4.74 Å². The van der Waals surface area contributed by atoms with Gasteiger partial charge in [0.25, 0.3) is 0 Å². The van der Waals surface area contributed by atoms with Crippen LogP contribution < -0.4 is 16.2 Å². The van der Waals surface area contributed by atoms with E-state index in [1.54, 1.807) is 13.4 Å². The Bertz CT molecular complexity index is 323. The normalized spacial score (nSPS) is 9.56. The van der Waals surface area contributed by atoms with Crippen molar-refractivity contribution in [2.24, 2.45) is 0 Å². The molecule has 0 saturated carbocycles. The Morgan fingerprint density at radius 3 is 1.56 bits per heavy atom. The summed E-state index contributed by atoms with van der Waals surface area (Å²) in [6, 6.07) is 3.82. The van der Waals surface area contributed by atoms with Crippen molar-refractivity contribution in [1.82, 2.24) is 0 Å². The third-order valence-corrected chi connectivity index (χ3v) is 2.22. The van der Waals surface area contributed by atoms with Crippen LogP contribution in [0, 0.1) is 0 Å². The summed E-state index contributed by atoms with van der Waals surface area (Å²) in [5.74, 6) is 0.568. The Morgan fingerprint density at radius 2 is 1.33 bits per heavy atom. The molecule has 3 nitrogen and oxygen atoms in total. The van der Waals surface area contributed by atoms with Crippen molar-refractivity contribution in [3.63, 3.8) is 0 Å². The van der Waals surface area contributed by atoms with E-state index in [0.717, 1.165) is 5.56 Å². The van der Waals surface area contributed by atoms with Crippen LogP contribution in [0.3, 0.4) is 0 Å². The monoisotopic (exact) mass is 272 g/mol. The van der Waals surface area contributed by atoms with Gasteiger partial charge in [0.2, 0.25) is 0 Å². The molecule has 1 aromatic rings. The van der Waals surface area contributed by atoms with Gasteiger partial charge in [-0.15, -0.1) is 0 Å². The zero-order valence-electron chi connectivity index (χ0n) is 12.7. The van der Waals surface area contributed by atoms with E-state index in [1.807, 2.05) is 26.0 Å². The van der Waals surface area contributed by atoms with Gasteiger partial charge in [-0.3, -0.25) is 0 Å². The van der Waals surface area contributed by atoms with E-state index in [9.17, 15) is 0 Å². The summed E-state index contributed by atoms with van der Waals surface area (Å²) in [5.41, 5.74) is 14.0. The average molecular weight is 272 g/mol. The van der Waals surface area contributed by atoms with Crippen molar-refractivity contribution in [1.29, 1.82) is 0 Å². The molecule has 106 valence electrons. The molecule has 4 heteroatoms. The van der Waals surface area contributed by atoms with Gasteiger partial charge in [-0.2, -0.15) is 12.6 Å². The first-order chi connectivity index (χ1) is 8.36. The Morgan fingerprint density at radius 1 is 1.00 bits per heavy atom. The summed E-state index contributed by atoms with van der Waals surface area (Å²) in [6.45, 7) is 10.4. The van der Waals surface area contributed by atoms with E-state index in [1.165, 1.54) is 0 Å². The molecule has 0 heterocycles. The highest BCUT2D eigenvalue weighted by Gasteiger charge is 2.17. The van der Waals surface area contributed by atoms with Gasteiger partial charge < -0.3 is 16.2 Å². The number of nitrogens with two attached hydrogens (primary N) is 2. The lowest BCUT2D eigenvalue weighted by Crippen LogP contribution is -2.12. The van der Waals surface area contributed by atoms with Crippen LogP contribution in [0.25, 0.3) is 0 Å². The van der Waals surface area contributed by atoms with Crippen LogP contribution >= 0.6 is 12.6 Å². The highest BCUT2D eigenvalue weighted by molar-refractivity contribution is 7.79. The van der Waals surface area contributed by atoms with Crippen molar-refractivity contribution in [3.05, 3.63) is 17.7 Å². The first-order valence-corrected chi connectivity index (χ1v) is 6.94. The number of hydrogen-bond acceptors (Lipinski definition) is 4. The Hall–Kier alpha value is -1.03. The predicted molar refractivity (Wildman–Crippen MR) is 86.8 cm³/mol. The summed E-state index contributed by atoms with van der Waals surface area (Å²) in [4.78, 5) is 0. The highest BCUT2D eigenvalue weighted by atomic mass is 32.1.